The zero-order valence-electron chi connectivity index (χ0n) is 14.8. The number of aliphatic imine (C=N–C) groups is 1. The van der Waals surface area contributed by atoms with Gasteiger partial charge in [0.25, 0.3) is 0 Å². The number of hydrogen-bond donors (Lipinski definition) is 3. The molecule has 2 aromatic carbocycles. The third kappa shape index (κ3) is 4.09. The van der Waals surface area contributed by atoms with Gasteiger partial charge in [-0.15, -0.1) is 0 Å². The lowest BCUT2D eigenvalue weighted by atomic mass is 10.1. The summed E-state index contributed by atoms with van der Waals surface area (Å²) in [5.74, 6) is -0.170. The molecule has 136 valence electrons. The van der Waals surface area contributed by atoms with Crippen molar-refractivity contribution in [2.75, 3.05) is 5.32 Å². The van der Waals surface area contributed by atoms with Crippen LogP contribution in [0.2, 0.25) is 0 Å². The van der Waals surface area contributed by atoms with E-state index in [1.54, 1.807) is 19.1 Å². The zero-order valence-corrected chi connectivity index (χ0v) is 14.8. The van der Waals surface area contributed by atoms with E-state index in [0.29, 0.717) is 40.8 Å². The van der Waals surface area contributed by atoms with Crippen LogP contribution in [0.25, 0.3) is 22.2 Å². The molecule has 3 rings (SSSR count). The summed E-state index contributed by atoms with van der Waals surface area (Å²) in [5, 5.41) is 5.84. The summed E-state index contributed by atoms with van der Waals surface area (Å²) >= 11 is 0. The van der Waals surface area contributed by atoms with Gasteiger partial charge in [-0.1, -0.05) is 43.3 Å². The Kier molecular flexibility index (Phi) is 5.41. The second-order valence-electron chi connectivity index (χ2n) is 5.75. The highest BCUT2D eigenvalue weighted by Gasteiger charge is 2.13. The fourth-order valence-corrected chi connectivity index (χ4v) is 2.68. The third-order valence-electron chi connectivity index (χ3n) is 3.93. The van der Waals surface area contributed by atoms with E-state index in [4.69, 9.17) is 10.7 Å². The Balaban J connectivity index is 2.25. The Hall–Kier alpha value is -3.74. The van der Waals surface area contributed by atoms with Crippen molar-refractivity contribution < 1.29 is 9.59 Å². The number of guanidine groups is 1. The zero-order chi connectivity index (χ0) is 19.2. The number of carbonyl (C=O) groups is 2. The molecule has 7 nitrogen and oxygen atoms in total. The molecule has 7 heteroatoms. The number of fused-ring (bicyclic) bond motifs is 1. The number of amides is 2. The number of rotatable bonds is 5. The van der Waals surface area contributed by atoms with Crippen LogP contribution in [0.4, 0.5) is 11.4 Å². The fraction of sp³-hybridized carbons (Fsp3) is 0.100. The van der Waals surface area contributed by atoms with Gasteiger partial charge in [0.1, 0.15) is 0 Å². The number of aromatic nitrogens is 1. The summed E-state index contributed by atoms with van der Waals surface area (Å²) in [6.45, 7) is 1.78. The van der Waals surface area contributed by atoms with E-state index < -0.39 is 0 Å². The Bertz CT molecular complexity index is 1020. The molecule has 0 atom stereocenters. The first-order valence-electron chi connectivity index (χ1n) is 8.45. The fourth-order valence-electron chi connectivity index (χ4n) is 2.68. The lowest BCUT2D eigenvalue weighted by Crippen LogP contribution is -2.29. The number of nitrogens with zero attached hydrogens (tertiary/aromatic N) is 2. The van der Waals surface area contributed by atoms with E-state index in [1.165, 1.54) is 0 Å². The molecule has 0 fully saturated rings. The maximum Gasteiger partial charge on any atom is 0.224 e. The molecule has 27 heavy (non-hydrogen) atoms. The van der Waals surface area contributed by atoms with Crippen molar-refractivity contribution in [1.29, 1.82) is 0 Å². The highest BCUT2D eigenvalue weighted by Crippen LogP contribution is 2.35. The average molecular weight is 361 g/mol. The summed E-state index contributed by atoms with van der Waals surface area (Å²) < 4.78 is 0. The van der Waals surface area contributed by atoms with Crippen molar-refractivity contribution in [3.05, 3.63) is 54.6 Å². The summed E-state index contributed by atoms with van der Waals surface area (Å²) in [6, 6.07) is 16.9. The van der Waals surface area contributed by atoms with Crippen molar-refractivity contribution in [2.45, 2.75) is 13.3 Å². The van der Waals surface area contributed by atoms with Crippen LogP contribution in [-0.4, -0.2) is 23.3 Å². The van der Waals surface area contributed by atoms with Gasteiger partial charge < -0.3 is 11.1 Å². The van der Waals surface area contributed by atoms with Crippen molar-refractivity contribution in [3.8, 4) is 11.3 Å². The normalized spacial score (nSPS) is 11.2. The first kappa shape index (κ1) is 18.1. The standard InChI is InChI=1S/C20H19N5O2/c1-2-18(27)24-15-10-6-9-14-19(15)17(25-20(21)22-12-26)11-16(23-14)13-7-4-3-5-8-13/h3-12H,2H2,1H3,(H,24,27)(H3,21,22,23,25,26). The maximum atomic E-state index is 11.9. The lowest BCUT2D eigenvalue weighted by molar-refractivity contribution is -0.116. The predicted molar refractivity (Wildman–Crippen MR) is 107 cm³/mol. The van der Waals surface area contributed by atoms with Crippen LogP contribution in [0.1, 0.15) is 13.3 Å². The molecule has 2 amide bonds. The van der Waals surface area contributed by atoms with Crippen LogP contribution in [0, 0.1) is 0 Å². The molecule has 0 aliphatic heterocycles. The van der Waals surface area contributed by atoms with Gasteiger partial charge in [0.05, 0.1) is 22.6 Å². The average Bonchev–Trinajstić information content (AvgIpc) is 2.68. The van der Waals surface area contributed by atoms with Crippen LogP contribution in [0.15, 0.2) is 59.6 Å². The number of carbonyl (C=O) groups excluding carboxylic acids is 2. The number of hydrogen-bond acceptors (Lipinski definition) is 4. The molecule has 3 aromatic rings. The highest BCUT2D eigenvalue weighted by molar-refractivity contribution is 6.08. The highest BCUT2D eigenvalue weighted by atomic mass is 16.1. The smallest absolute Gasteiger partial charge is 0.224 e. The predicted octanol–water partition coefficient (Wildman–Crippen LogP) is 2.94. The molecule has 0 aliphatic carbocycles. The van der Waals surface area contributed by atoms with Gasteiger partial charge in [-0.3, -0.25) is 14.9 Å². The SMILES string of the molecule is CCC(=O)Nc1cccc2nc(-c3ccccc3)cc(N=C(N)NC=O)c12. The molecular formula is C20H19N5O2. The van der Waals surface area contributed by atoms with Gasteiger partial charge in [0.2, 0.25) is 12.3 Å². The molecule has 0 unspecified atom stereocenters. The summed E-state index contributed by atoms with van der Waals surface area (Å²) in [6.07, 6.45) is 0.805. The molecule has 0 spiro atoms. The van der Waals surface area contributed by atoms with Crippen LogP contribution in [0.3, 0.4) is 0 Å². The largest absolute Gasteiger partial charge is 0.369 e. The Morgan fingerprint density at radius 1 is 1.19 bits per heavy atom. The summed E-state index contributed by atoms with van der Waals surface area (Å²) in [7, 11) is 0. The van der Waals surface area contributed by atoms with Gasteiger partial charge in [-0.25, -0.2) is 9.98 Å². The van der Waals surface area contributed by atoms with Crippen molar-refractivity contribution >= 4 is 40.6 Å². The summed E-state index contributed by atoms with van der Waals surface area (Å²) in [5.41, 5.74) is 9.14. The van der Waals surface area contributed by atoms with Gasteiger partial charge in [0.15, 0.2) is 5.96 Å². The minimum atomic E-state index is -0.122. The van der Waals surface area contributed by atoms with Crippen molar-refractivity contribution in [3.63, 3.8) is 0 Å². The molecule has 0 radical (unpaired) electrons. The van der Waals surface area contributed by atoms with E-state index in [-0.39, 0.29) is 11.9 Å². The van der Waals surface area contributed by atoms with E-state index >= 15 is 0 Å². The molecule has 0 saturated heterocycles. The van der Waals surface area contributed by atoms with Crippen LogP contribution >= 0.6 is 0 Å². The van der Waals surface area contributed by atoms with E-state index in [2.05, 4.69) is 15.6 Å². The maximum absolute atomic E-state index is 11.9. The first-order valence-corrected chi connectivity index (χ1v) is 8.45. The molecule has 4 N–H and O–H groups in total. The van der Waals surface area contributed by atoms with Crippen LogP contribution < -0.4 is 16.4 Å². The molecular weight excluding hydrogens is 342 g/mol. The first-order chi connectivity index (χ1) is 13.1. The monoisotopic (exact) mass is 361 g/mol. The number of anilines is 1. The van der Waals surface area contributed by atoms with Crippen molar-refractivity contribution in [1.82, 2.24) is 10.3 Å². The molecule has 0 bridgehead atoms. The van der Waals surface area contributed by atoms with E-state index in [0.717, 1.165) is 5.56 Å². The lowest BCUT2D eigenvalue weighted by Gasteiger charge is -2.12. The number of nitrogens with two attached hydrogens (primary N) is 1. The Morgan fingerprint density at radius 2 is 1.96 bits per heavy atom. The van der Waals surface area contributed by atoms with E-state index in [1.807, 2.05) is 42.5 Å². The van der Waals surface area contributed by atoms with Gasteiger partial charge in [0, 0.05) is 17.4 Å². The molecule has 1 heterocycles. The van der Waals surface area contributed by atoms with Crippen molar-refractivity contribution in [2.24, 2.45) is 10.7 Å². The van der Waals surface area contributed by atoms with Gasteiger partial charge in [-0.05, 0) is 18.2 Å². The molecule has 0 aliphatic rings. The topological polar surface area (TPSA) is 109 Å². The molecule has 1 aromatic heterocycles. The Morgan fingerprint density at radius 3 is 2.67 bits per heavy atom. The number of benzene rings is 2. The minimum Gasteiger partial charge on any atom is -0.369 e. The number of nitrogens with one attached hydrogen (secondary N) is 2. The van der Waals surface area contributed by atoms with Crippen LogP contribution in [-0.2, 0) is 9.59 Å². The van der Waals surface area contributed by atoms with Gasteiger partial charge in [-0.2, -0.15) is 0 Å². The van der Waals surface area contributed by atoms with E-state index in [9.17, 15) is 9.59 Å². The summed E-state index contributed by atoms with van der Waals surface area (Å²) in [4.78, 5) is 31.6. The number of pyridine rings is 1. The third-order valence-corrected chi connectivity index (χ3v) is 3.93. The van der Waals surface area contributed by atoms with Crippen LogP contribution in [0.5, 0.6) is 0 Å². The van der Waals surface area contributed by atoms with Gasteiger partial charge >= 0.3 is 0 Å². The minimum absolute atomic E-state index is 0.0480. The Labute approximate surface area is 156 Å². The quantitative estimate of drug-likeness (QED) is 0.369. The molecule has 0 saturated carbocycles. The second kappa shape index (κ2) is 8.09. The second-order valence-corrected chi connectivity index (χ2v) is 5.75.